The molecule has 0 radical (unpaired) electrons. The molecule has 0 aromatic rings. The first-order valence-electron chi connectivity index (χ1n) is 7.76. The van der Waals surface area contributed by atoms with Gasteiger partial charge in [-0.15, -0.1) is 0 Å². The smallest absolute Gasteiger partial charge is 0.428 e. The SMILES string of the molecule is O=C1OCCN1N/C1=C/CCCCCCCCCC1. The van der Waals surface area contributed by atoms with Gasteiger partial charge in [0, 0.05) is 5.70 Å². The van der Waals surface area contributed by atoms with Gasteiger partial charge in [-0.05, 0) is 25.7 Å². The number of ether oxygens (including phenoxy) is 1. The number of cyclic esters (lactones) is 1. The Labute approximate surface area is 116 Å². The molecule has 1 aliphatic heterocycles. The van der Waals surface area contributed by atoms with Crippen LogP contribution in [0.15, 0.2) is 11.8 Å². The van der Waals surface area contributed by atoms with Crippen molar-refractivity contribution in [3.63, 3.8) is 0 Å². The minimum absolute atomic E-state index is 0.244. The van der Waals surface area contributed by atoms with Gasteiger partial charge in [0.1, 0.15) is 6.61 Å². The van der Waals surface area contributed by atoms with Gasteiger partial charge < -0.3 is 4.74 Å². The zero-order valence-electron chi connectivity index (χ0n) is 11.8. The molecule has 0 saturated carbocycles. The molecule has 0 atom stereocenters. The van der Waals surface area contributed by atoms with Gasteiger partial charge in [0.15, 0.2) is 0 Å². The highest BCUT2D eigenvalue weighted by Crippen LogP contribution is 2.16. The molecular weight excluding hydrogens is 240 g/mol. The van der Waals surface area contributed by atoms with E-state index in [1.165, 1.54) is 57.1 Å². The predicted octanol–water partition coefficient (Wildman–Crippen LogP) is 3.74. The Morgan fingerprint density at radius 1 is 1.00 bits per heavy atom. The fourth-order valence-electron chi connectivity index (χ4n) is 2.67. The maximum absolute atomic E-state index is 11.4. The number of carbonyl (C=O) groups is 1. The highest BCUT2D eigenvalue weighted by atomic mass is 16.6. The predicted molar refractivity (Wildman–Crippen MR) is 75.4 cm³/mol. The second kappa shape index (κ2) is 8.08. The van der Waals surface area contributed by atoms with E-state index in [1.807, 2.05) is 0 Å². The molecule has 1 saturated heterocycles. The van der Waals surface area contributed by atoms with Gasteiger partial charge in [0.2, 0.25) is 0 Å². The summed E-state index contributed by atoms with van der Waals surface area (Å²) in [6.45, 7) is 1.15. The van der Waals surface area contributed by atoms with E-state index in [4.69, 9.17) is 4.74 Å². The molecule has 19 heavy (non-hydrogen) atoms. The van der Waals surface area contributed by atoms with Crippen molar-refractivity contribution in [2.45, 2.75) is 64.2 Å². The maximum atomic E-state index is 11.4. The first-order chi connectivity index (χ1) is 9.36. The summed E-state index contributed by atoms with van der Waals surface area (Å²) in [5.74, 6) is 0. The Morgan fingerprint density at radius 2 is 1.68 bits per heavy atom. The number of allylic oxidation sites excluding steroid dienone is 2. The van der Waals surface area contributed by atoms with Crippen molar-refractivity contribution in [2.24, 2.45) is 0 Å². The molecule has 2 rings (SSSR count). The van der Waals surface area contributed by atoms with Crippen molar-refractivity contribution in [1.82, 2.24) is 10.4 Å². The van der Waals surface area contributed by atoms with Crippen molar-refractivity contribution >= 4 is 6.09 Å². The normalized spacial score (nSPS) is 25.8. The number of amides is 1. The molecule has 0 spiro atoms. The topological polar surface area (TPSA) is 41.6 Å². The summed E-state index contributed by atoms with van der Waals surface area (Å²) >= 11 is 0. The zero-order valence-corrected chi connectivity index (χ0v) is 11.8. The minimum Gasteiger partial charge on any atom is -0.446 e. The van der Waals surface area contributed by atoms with E-state index < -0.39 is 0 Å². The van der Waals surface area contributed by atoms with Crippen LogP contribution in [0.4, 0.5) is 4.79 Å². The summed E-state index contributed by atoms with van der Waals surface area (Å²) in [7, 11) is 0. The van der Waals surface area contributed by atoms with Gasteiger partial charge in [-0.1, -0.05) is 44.6 Å². The van der Waals surface area contributed by atoms with E-state index in [0.717, 1.165) is 12.8 Å². The van der Waals surface area contributed by atoms with Gasteiger partial charge in [0.25, 0.3) is 0 Å². The van der Waals surface area contributed by atoms with Gasteiger partial charge in [-0.3, -0.25) is 5.43 Å². The third kappa shape index (κ3) is 5.13. The van der Waals surface area contributed by atoms with Crippen LogP contribution in [0.25, 0.3) is 0 Å². The van der Waals surface area contributed by atoms with Crippen molar-refractivity contribution < 1.29 is 9.53 Å². The first kappa shape index (κ1) is 14.2. The number of nitrogens with zero attached hydrogens (tertiary/aromatic N) is 1. The summed E-state index contributed by atoms with van der Waals surface area (Å²) in [5.41, 5.74) is 4.43. The minimum atomic E-state index is -0.244. The van der Waals surface area contributed by atoms with E-state index in [9.17, 15) is 4.79 Å². The van der Waals surface area contributed by atoms with E-state index in [-0.39, 0.29) is 6.09 Å². The molecule has 108 valence electrons. The van der Waals surface area contributed by atoms with Crippen LogP contribution in [0, 0.1) is 0 Å². The second-order valence-corrected chi connectivity index (χ2v) is 5.47. The fourth-order valence-corrected chi connectivity index (χ4v) is 2.67. The van der Waals surface area contributed by atoms with Crippen molar-refractivity contribution in [1.29, 1.82) is 0 Å². The molecule has 1 fully saturated rings. The van der Waals surface area contributed by atoms with Crippen LogP contribution in [0.2, 0.25) is 0 Å². The summed E-state index contributed by atoms with van der Waals surface area (Å²) in [4.78, 5) is 11.4. The van der Waals surface area contributed by atoms with Gasteiger partial charge in [-0.25, -0.2) is 9.80 Å². The molecular formula is C15H26N2O2. The lowest BCUT2D eigenvalue weighted by atomic mass is 10.0. The molecule has 1 N–H and O–H groups in total. The molecule has 4 heteroatoms. The van der Waals surface area contributed by atoms with E-state index in [2.05, 4.69) is 11.5 Å². The first-order valence-corrected chi connectivity index (χ1v) is 7.76. The number of hydrazine groups is 1. The van der Waals surface area contributed by atoms with Gasteiger partial charge in [0.05, 0.1) is 6.54 Å². The lowest BCUT2D eigenvalue weighted by molar-refractivity contribution is 0.149. The zero-order chi connectivity index (χ0) is 13.3. The van der Waals surface area contributed by atoms with Crippen LogP contribution in [-0.4, -0.2) is 24.3 Å². The molecule has 4 nitrogen and oxygen atoms in total. The second-order valence-electron chi connectivity index (χ2n) is 5.47. The maximum Gasteiger partial charge on any atom is 0.428 e. The van der Waals surface area contributed by atoms with Crippen molar-refractivity contribution in [2.75, 3.05) is 13.2 Å². The Morgan fingerprint density at radius 3 is 2.37 bits per heavy atom. The van der Waals surface area contributed by atoms with Crippen LogP contribution in [0.1, 0.15) is 64.2 Å². The molecule has 2 aliphatic rings. The Bertz CT molecular complexity index is 315. The monoisotopic (exact) mass is 266 g/mol. The number of hydrogen-bond donors (Lipinski definition) is 1. The molecule has 0 aromatic heterocycles. The number of carbonyl (C=O) groups excluding carboxylic acids is 1. The average molecular weight is 266 g/mol. The standard InChI is InChI=1S/C15H26N2O2/c18-15-17(12-13-19-15)16-14-10-8-6-4-2-1-3-5-7-9-11-14/h10,16H,1-9,11-13H2/b14-10+. The van der Waals surface area contributed by atoms with E-state index in [0.29, 0.717) is 13.2 Å². The Hall–Kier alpha value is -1.19. The largest absolute Gasteiger partial charge is 0.446 e. The van der Waals surface area contributed by atoms with Crippen LogP contribution in [0.5, 0.6) is 0 Å². The molecule has 1 amide bonds. The van der Waals surface area contributed by atoms with E-state index >= 15 is 0 Å². The summed E-state index contributed by atoms with van der Waals surface area (Å²) in [6.07, 6.45) is 14.8. The number of rotatable bonds is 2. The number of hydrogen-bond acceptors (Lipinski definition) is 3. The summed E-state index contributed by atoms with van der Waals surface area (Å²) < 4.78 is 4.94. The van der Waals surface area contributed by atoms with Gasteiger partial charge >= 0.3 is 6.09 Å². The highest BCUT2D eigenvalue weighted by Gasteiger charge is 2.22. The third-order valence-corrected chi connectivity index (χ3v) is 3.83. The summed E-state index contributed by atoms with van der Waals surface area (Å²) in [5, 5.41) is 1.59. The third-order valence-electron chi connectivity index (χ3n) is 3.83. The molecule has 0 aromatic carbocycles. The molecule has 1 heterocycles. The van der Waals surface area contributed by atoms with Crippen LogP contribution in [0.3, 0.4) is 0 Å². The van der Waals surface area contributed by atoms with Gasteiger partial charge in [-0.2, -0.15) is 0 Å². The molecule has 0 unspecified atom stereocenters. The summed E-state index contributed by atoms with van der Waals surface area (Å²) in [6, 6.07) is 0. The quantitative estimate of drug-likeness (QED) is 0.827. The lowest BCUT2D eigenvalue weighted by Gasteiger charge is -2.19. The lowest BCUT2D eigenvalue weighted by Crippen LogP contribution is -2.38. The van der Waals surface area contributed by atoms with Crippen molar-refractivity contribution in [3.8, 4) is 0 Å². The molecule has 0 bridgehead atoms. The van der Waals surface area contributed by atoms with E-state index in [1.54, 1.807) is 5.01 Å². The fraction of sp³-hybridized carbons (Fsp3) is 0.800. The molecule has 1 aliphatic carbocycles. The number of nitrogens with one attached hydrogen (secondary N) is 1. The highest BCUT2D eigenvalue weighted by molar-refractivity contribution is 5.68. The average Bonchev–Trinajstić information content (AvgIpc) is 2.78. The van der Waals surface area contributed by atoms with Crippen LogP contribution < -0.4 is 5.43 Å². The van der Waals surface area contributed by atoms with Crippen molar-refractivity contribution in [3.05, 3.63) is 11.8 Å². The van der Waals surface area contributed by atoms with Crippen LogP contribution >= 0.6 is 0 Å². The Balaban J connectivity index is 1.84. The Kier molecular flexibility index (Phi) is 6.05. The van der Waals surface area contributed by atoms with Crippen LogP contribution in [-0.2, 0) is 4.74 Å².